The van der Waals surface area contributed by atoms with E-state index in [2.05, 4.69) is 12.2 Å². The SMILES string of the molecule is CCCCN[C@@H](CCCN)C(=O)O. The molecule has 4 N–H and O–H groups in total. The number of carbonyl (C=O) groups is 1. The lowest BCUT2D eigenvalue weighted by Gasteiger charge is -2.13. The molecule has 0 aromatic heterocycles. The first-order valence-electron chi connectivity index (χ1n) is 4.88. The number of carboxylic acid groups (broad SMARTS) is 1. The highest BCUT2D eigenvalue weighted by molar-refractivity contribution is 5.73. The second-order valence-electron chi connectivity index (χ2n) is 3.13. The van der Waals surface area contributed by atoms with Crippen LogP contribution in [0, 0.1) is 0 Å². The predicted octanol–water partition coefficient (Wildman–Crippen LogP) is 0.568. The van der Waals surface area contributed by atoms with Gasteiger partial charge in [0.2, 0.25) is 0 Å². The molecule has 0 rings (SSSR count). The van der Waals surface area contributed by atoms with Crippen LogP contribution in [0.2, 0.25) is 0 Å². The summed E-state index contributed by atoms with van der Waals surface area (Å²) >= 11 is 0. The smallest absolute Gasteiger partial charge is 0.320 e. The van der Waals surface area contributed by atoms with Crippen LogP contribution in [0.3, 0.4) is 0 Å². The molecule has 78 valence electrons. The van der Waals surface area contributed by atoms with Gasteiger partial charge in [0, 0.05) is 0 Å². The van der Waals surface area contributed by atoms with E-state index in [1.807, 2.05) is 0 Å². The summed E-state index contributed by atoms with van der Waals surface area (Å²) in [5.41, 5.74) is 5.31. The van der Waals surface area contributed by atoms with Crippen molar-refractivity contribution in [2.24, 2.45) is 5.73 Å². The highest BCUT2D eigenvalue weighted by Crippen LogP contribution is 1.97. The van der Waals surface area contributed by atoms with Crippen molar-refractivity contribution >= 4 is 5.97 Å². The molecule has 0 aliphatic carbocycles. The monoisotopic (exact) mass is 188 g/mol. The van der Waals surface area contributed by atoms with Gasteiger partial charge in [-0.1, -0.05) is 13.3 Å². The number of hydrogen-bond donors (Lipinski definition) is 3. The van der Waals surface area contributed by atoms with Crippen LogP contribution in [0.1, 0.15) is 32.6 Å². The highest BCUT2D eigenvalue weighted by atomic mass is 16.4. The van der Waals surface area contributed by atoms with Gasteiger partial charge in [-0.2, -0.15) is 0 Å². The van der Waals surface area contributed by atoms with Crippen LogP contribution in [0.4, 0.5) is 0 Å². The molecule has 13 heavy (non-hydrogen) atoms. The van der Waals surface area contributed by atoms with Gasteiger partial charge in [0.05, 0.1) is 0 Å². The topological polar surface area (TPSA) is 75.3 Å². The third-order valence-electron chi connectivity index (χ3n) is 1.92. The summed E-state index contributed by atoms with van der Waals surface area (Å²) in [6, 6.07) is -0.421. The first-order chi connectivity index (χ1) is 6.22. The number of aliphatic carboxylic acids is 1. The van der Waals surface area contributed by atoms with E-state index in [1.54, 1.807) is 0 Å². The minimum Gasteiger partial charge on any atom is -0.480 e. The molecule has 4 nitrogen and oxygen atoms in total. The lowest BCUT2D eigenvalue weighted by molar-refractivity contribution is -0.139. The van der Waals surface area contributed by atoms with Crippen molar-refractivity contribution in [3.05, 3.63) is 0 Å². The Morgan fingerprint density at radius 3 is 2.69 bits per heavy atom. The molecule has 0 aliphatic rings. The van der Waals surface area contributed by atoms with E-state index in [4.69, 9.17) is 10.8 Å². The first-order valence-corrected chi connectivity index (χ1v) is 4.88. The summed E-state index contributed by atoms with van der Waals surface area (Å²) in [6.45, 7) is 3.41. The van der Waals surface area contributed by atoms with Gasteiger partial charge in [0.15, 0.2) is 0 Å². The molecule has 0 bridgehead atoms. The molecule has 0 fully saturated rings. The van der Waals surface area contributed by atoms with Crippen LogP contribution in [0.15, 0.2) is 0 Å². The van der Waals surface area contributed by atoms with Crippen LogP contribution < -0.4 is 11.1 Å². The molecule has 4 heteroatoms. The third-order valence-corrected chi connectivity index (χ3v) is 1.92. The lowest BCUT2D eigenvalue weighted by atomic mass is 10.1. The summed E-state index contributed by atoms with van der Waals surface area (Å²) in [5, 5.41) is 11.8. The minimum atomic E-state index is -0.774. The van der Waals surface area contributed by atoms with Gasteiger partial charge in [-0.05, 0) is 32.4 Å². The molecule has 0 aromatic rings. The summed E-state index contributed by atoms with van der Waals surface area (Å²) < 4.78 is 0. The predicted molar refractivity (Wildman–Crippen MR) is 52.6 cm³/mol. The van der Waals surface area contributed by atoms with Crippen molar-refractivity contribution in [3.8, 4) is 0 Å². The maximum Gasteiger partial charge on any atom is 0.320 e. The molecule has 0 saturated heterocycles. The fourth-order valence-electron chi connectivity index (χ4n) is 1.09. The zero-order valence-corrected chi connectivity index (χ0v) is 8.25. The molecule has 0 saturated carbocycles. The quantitative estimate of drug-likeness (QED) is 0.487. The van der Waals surface area contributed by atoms with E-state index >= 15 is 0 Å². The van der Waals surface area contributed by atoms with Crippen molar-refractivity contribution in [2.45, 2.75) is 38.6 Å². The number of nitrogens with one attached hydrogen (secondary N) is 1. The molecule has 0 aromatic carbocycles. The molecule has 0 radical (unpaired) electrons. The van der Waals surface area contributed by atoms with Crippen molar-refractivity contribution in [1.82, 2.24) is 5.32 Å². The second kappa shape index (κ2) is 8.01. The maximum atomic E-state index is 10.7. The Morgan fingerprint density at radius 2 is 2.23 bits per heavy atom. The maximum absolute atomic E-state index is 10.7. The fraction of sp³-hybridized carbons (Fsp3) is 0.889. The Labute approximate surface area is 79.5 Å². The number of hydrogen-bond acceptors (Lipinski definition) is 3. The molecule has 0 heterocycles. The van der Waals surface area contributed by atoms with Gasteiger partial charge in [-0.3, -0.25) is 4.79 Å². The van der Waals surface area contributed by atoms with Gasteiger partial charge in [0.1, 0.15) is 6.04 Å². The zero-order valence-electron chi connectivity index (χ0n) is 8.25. The summed E-state index contributed by atoms with van der Waals surface area (Å²) in [7, 11) is 0. The average Bonchev–Trinajstić information content (AvgIpc) is 2.10. The van der Waals surface area contributed by atoms with Crippen LogP contribution in [0.5, 0.6) is 0 Å². The average molecular weight is 188 g/mol. The fourth-order valence-corrected chi connectivity index (χ4v) is 1.09. The summed E-state index contributed by atoms with van der Waals surface area (Å²) in [5.74, 6) is -0.774. The molecular weight excluding hydrogens is 168 g/mol. The van der Waals surface area contributed by atoms with Gasteiger partial charge >= 0.3 is 5.97 Å². The van der Waals surface area contributed by atoms with Crippen molar-refractivity contribution in [3.63, 3.8) is 0 Å². The largest absolute Gasteiger partial charge is 0.480 e. The van der Waals surface area contributed by atoms with Gasteiger partial charge in [-0.15, -0.1) is 0 Å². The number of unbranched alkanes of at least 4 members (excludes halogenated alkanes) is 1. The van der Waals surface area contributed by atoms with E-state index in [0.29, 0.717) is 13.0 Å². The van der Waals surface area contributed by atoms with Gasteiger partial charge < -0.3 is 16.2 Å². The van der Waals surface area contributed by atoms with Crippen molar-refractivity contribution in [2.75, 3.05) is 13.1 Å². The number of rotatable bonds is 8. The van der Waals surface area contributed by atoms with E-state index < -0.39 is 12.0 Å². The molecule has 1 atom stereocenters. The van der Waals surface area contributed by atoms with E-state index in [0.717, 1.165) is 25.8 Å². The van der Waals surface area contributed by atoms with Gasteiger partial charge in [-0.25, -0.2) is 0 Å². The van der Waals surface area contributed by atoms with Crippen LogP contribution in [0.25, 0.3) is 0 Å². The van der Waals surface area contributed by atoms with E-state index in [1.165, 1.54) is 0 Å². The summed E-state index contributed by atoms with van der Waals surface area (Å²) in [6.07, 6.45) is 3.48. The number of nitrogens with two attached hydrogens (primary N) is 1. The molecule has 0 unspecified atom stereocenters. The third kappa shape index (κ3) is 6.54. The van der Waals surface area contributed by atoms with E-state index in [9.17, 15) is 4.79 Å². The van der Waals surface area contributed by atoms with Crippen LogP contribution in [-0.4, -0.2) is 30.2 Å². The number of carboxylic acids is 1. The molecule has 0 spiro atoms. The Morgan fingerprint density at radius 1 is 1.54 bits per heavy atom. The Kier molecular flexibility index (Phi) is 7.63. The standard InChI is InChI=1S/C9H20N2O2/c1-2-3-7-11-8(9(12)13)5-4-6-10/h8,11H,2-7,10H2,1H3,(H,12,13)/t8-/m0/s1. The van der Waals surface area contributed by atoms with Crippen molar-refractivity contribution < 1.29 is 9.90 Å². The Balaban J connectivity index is 3.61. The lowest BCUT2D eigenvalue weighted by Crippen LogP contribution is -2.37. The summed E-state index contributed by atoms with van der Waals surface area (Å²) in [4.78, 5) is 10.7. The zero-order chi connectivity index (χ0) is 10.1. The van der Waals surface area contributed by atoms with Gasteiger partial charge in [0.25, 0.3) is 0 Å². The highest BCUT2D eigenvalue weighted by Gasteiger charge is 2.14. The van der Waals surface area contributed by atoms with E-state index in [-0.39, 0.29) is 0 Å². The molecule has 0 aliphatic heterocycles. The Bertz CT molecular complexity index is 140. The van der Waals surface area contributed by atoms with Crippen LogP contribution >= 0.6 is 0 Å². The molecule has 0 amide bonds. The molecular formula is C9H20N2O2. The normalized spacial score (nSPS) is 12.8. The second-order valence-corrected chi connectivity index (χ2v) is 3.13. The first kappa shape index (κ1) is 12.4. The van der Waals surface area contributed by atoms with Crippen LogP contribution in [-0.2, 0) is 4.79 Å². The Hall–Kier alpha value is -0.610. The minimum absolute atomic E-state index is 0.421. The van der Waals surface area contributed by atoms with Crippen molar-refractivity contribution in [1.29, 1.82) is 0 Å².